The summed E-state index contributed by atoms with van der Waals surface area (Å²) in [5.41, 5.74) is 0.284. The van der Waals surface area contributed by atoms with E-state index in [0.29, 0.717) is 0 Å². The van der Waals surface area contributed by atoms with Gasteiger partial charge in [-0.3, -0.25) is 0 Å². The molecular formula is C5H10O2S. The van der Waals surface area contributed by atoms with Crippen LogP contribution in [0.2, 0.25) is 0 Å². The SMILES string of the molecule is CC1OC(CO)CS1. The third kappa shape index (κ3) is 1.37. The highest BCUT2D eigenvalue weighted by Crippen LogP contribution is 2.23. The summed E-state index contributed by atoms with van der Waals surface area (Å²) in [5.74, 6) is 0.942. The summed E-state index contributed by atoms with van der Waals surface area (Å²) in [7, 11) is 0. The quantitative estimate of drug-likeness (QED) is 0.565. The van der Waals surface area contributed by atoms with E-state index in [4.69, 9.17) is 9.84 Å². The van der Waals surface area contributed by atoms with Gasteiger partial charge in [0, 0.05) is 5.75 Å². The smallest absolute Gasteiger partial charge is 0.101 e. The number of aliphatic hydroxyl groups is 1. The van der Waals surface area contributed by atoms with Crippen molar-refractivity contribution in [2.24, 2.45) is 0 Å². The summed E-state index contributed by atoms with van der Waals surface area (Å²) in [6.07, 6.45) is 0.0926. The fraction of sp³-hybridized carbons (Fsp3) is 1.00. The first-order valence-corrected chi connectivity index (χ1v) is 3.75. The monoisotopic (exact) mass is 134 g/mol. The molecule has 1 heterocycles. The summed E-state index contributed by atoms with van der Waals surface area (Å²) >= 11 is 1.75. The van der Waals surface area contributed by atoms with Crippen molar-refractivity contribution in [2.75, 3.05) is 12.4 Å². The minimum Gasteiger partial charge on any atom is -0.394 e. The molecule has 48 valence electrons. The first kappa shape index (κ1) is 6.39. The molecule has 8 heavy (non-hydrogen) atoms. The van der Waals surface area contributed by atoms with E-state index < -0.39 is 0 Å². The predicted molar refractivity (Wildman–Crippen MR) is 33.9 cm³/mol. The lowest BCUT2D eigenvalue weighted by Gasteiger charge is -2.03. The summed E-state index contributed by atoms with van der Waals surface area (Å²) in [6, 6.07) is 0. The Morgan fingerprint density at radius 3 is 2.88 bits per heavy atom. The molecule has 2 nitrogen and oxygen atoms in total. The van der Waals surface area contributed by atoms with Crippen LogP contribution in [0, 0.1) is 0 Å². The molecule has 1 aliphatic rings. The second-order valence-electron chi connectivity index (χ2n) is 1.84. The van der Waals surface area contributed by atoms with Crippen LogP contribution in [0.5, 0.6) is 0 Å². The van der Waals surface area contributed by atoms with Crippen molar-refractivity contribution in [3.63, 3.8) is 0 Å². The molecule has 0 radical (unpaired) electrons. The van der Waals surface area contributed by atoms with Crippen LogP contribution in [-0.2, 0) is 4.74 Å². The van der Waals surface area contributed by atoms with E-state index >= 15 is 0 Å². The van der Waals surface area contributed by atoms with Crippen LogP contribution in [0.3, 0.4) is 0 Å². The van der Waals surface area contributed by atoms with Crippen molar-refractivity contribution < 1.29 is 9.84 Å². The zero-order valence-corrected chi connectivity index (χ0v) is 5.65. The van der Waals surface area contributed by atoms with Crippen molar-refractivity contribution in [3.05, 3.63) is 0 Å². The highest BCUT2D eigenvalue weighted by Gasteiger charge is 2.20. The molecule has 2 atom stereocenters. The highest BCUT2D eigenvalue weighted by atomic mass is 32.2. The molecule has 0 amide bonds. The largest absolute Gasteiger partial charge is 0.394 e. The summed E-state index contributed by atoms with van der Waals surface area (Å²) in [5, 5.41) is 8.55. The number of rotatable bonds is 1. The van der Waals surface area contributed by atoms with Gasteiger partial charge in [0.2, 0.25) is 0 Å². The van der Waals surface area contributed by atoms with Crippen LogP contribution in [0.25, 0.3) is 0 Å². The van der Waals surface area contributed by atoms with Crippen molar-refractivity contribution in [1.82, 2.24) is 0 Å². The topological polar surface area (TPSA) is 29.5 Å². The number of hydrogen-bond acceptors (Lipinski definition) is 3. The Labute approximate surface area is 53.2 Å². The van der Waals surface area contributed by atoms with E-state index in [9.17, 15) is 0 Å². The molecule has 0 saturated carbocycles. The molecule has 2 unspecified atom stereocenters. The zero-order valence-electron chi connectivity index (χ0n) is 4.83. The van der Waals surface area contributed by atoms with Crippen molar-refractivity contribution in [2.45, 2.75) is 18.5 Å². The second kappa shape index (κ2) is 2.71. The molecular weight excluding hydrogens is 124 g/mol. The Morgan fingerprint density at radius 2 is 2.62 bits per heavy atom. The van der Waals surface area contributed by atoms with E-state index in [1.165, 1.54) is 0 Å². The number of thioether (sulfide) groups is 1. The van der Waals surface area contributed by atoms with E-state index in [1.54, 1.807) is 11.8 Å². The summed E-state index contributed by atoms with van der Waals surface area (Å²) in [6.45, 7) is 2.16. The Bertz CT molecular complexity index is 76.8. The minimum atomic E-state index is 0.0926. The third-order valence-corrected chi connectivity index (χ3v) is 2.25. The third-order valence-electron chi connectivity index (χ3n) is 1.10. The van der Waals surface area contributed by atoms with Crippen LogP contribution in [0.4, 0.5) is 0 Å². The van der Waals surface area contributed by atoms with Crippen LogP contribution >= 0.6 is 11.8 Å². The van der Waals surface area contributed by atoms with E-state index in [1.807, 2.05) is 6.92 Å². The summed E-state index contributed by atoms with van der Waals surface area (Å²) < 4.78 is 5.22. The lowest BCUT2D eigenvalue weighted by Crippen LogP contribution is -2.14. The van der Waals surface area contributed by atoms with Crippen LogP contribution < -0.4 is 0 Å². The summed E-state index contributed by atoms with van der Waals surface area (Å²) in [4.78, 5) is 0. The average molecular weight is 134 g/mol. The molecule has 0 bridgehead atoms. The Hall–Kier alpha value is 0.270. The van der Waals surface area contributed by atoms with Gasteiger partial charge in [-0.1, -0.05) is 0 Å². The Balaban J connectivity index is 2.22. The molecule has 1 N–H and O–H groups in total. The van der Waals surface area contributed by atoms with Gasteiger partial charge in [-0.25, -0.2) is 0 Å². The molecule has 0 aliphatic carbocycles. The van der Waals surface area contributed by atoms with Gasteiger partial charge >= 0.3 is 0 Å². The van der Waals surface area contributed by atoms with Gasteiger partial charge in [0.05, 0.1) is 12.7 Å². The number of aliphatic hydroxyl groups excluding tert-OH is 1. The normalized spacial score (nSPS) is 38.2. The molecule has 1 fully saturated rings. The molecule has 0 spiro atoms. The van der Waals surface area contributed by atoms with Gasteiger partial charge in [-0.2, -0.15) is 0 Å². The van der Waals surface area contributed by atoms with Gasteiger partial charge in [-0.05, 0) is 6.92 Å². The Morgan fingerprint density at radius 1 is 1.88 bits per heavy atom. The van der Waals surface area contributed by atoms with Crippen molar-refractivity contribution >= 4 is 11.8 Å². The van der Waals surface area contributed by atoms with Gasteiger partial charge in [0.15, 0.2) is 0 Å². The molecule has 0 aromatic rings. The minimum absolute atomic E-state index is 0.0926. The molecule has 0 aromatic heterocycles. The number of hydrogen-bond donors (Lipinski definition) is 1. The molecule has 0 aromatic carbocycles. The lowest BCUT2D eigenvalue weighted by atomic mass is 10.4. The second-order valence-corrected chi connectivity index (χ2v) is 3.17. The maximum absolute atomic E-state index is 8.55. The van der Waals surface area contributed by atoms with Crippen LogP contribution in [-0.4, -0.2) is 29.0 Å². The highest BCUT2D eigenvalue weighted by molar-refractivity contribution is 7.99. The maximum atomic E-state index is 8.55. The van der Waals surface area contributed by atoms with Crippen molar-refractivity contribution in [1.29, 1.82) is 0 Å². The fourth-order valence-electron chi connectivity index (χ4n) is 0.688. The van der Waals surface area contributed by atoms with Crippen LogP contribution in [0.15, 0.2) is 0 Å². The first-order valence-electron chi connectivity index (χ1n) is 2.71. The van der Waals surface area contributed by atoms with Gasteiger partial charge in [0.1, 0.15) is 5.44 Å². The Kier molecular flexibility index (Phi) is 2.16. The zero-order chi connectivity index (χ0) is 5.98. The predicted octanol–water partition coefficient (Wildman–Crippen LogP) is 0.457. The molecule has 1 aliphatic heterocycles. The standard InChI is InChI=1S/C5H10O2S/c1-4-7-5(2-6)3-8-4/h4-6H,2-3H2,1H3. The molecule has 1 rings (SSSR count). The van der Waals surface area contributed by atoms with E-state index in [2.05, 4.69) is 0 Å². The van der Waals surface area contributed by atoms with Crippen molar-refractivity contribution in [3.8, 4) is 0 Å². The van der Waals surface area contributed by atoms with Gasteiger partial charge in [-0.15, -0.1) is 11.8 Å². The molecule has 3 heteroatoms. The maximum Gasteiger partial charge on any atom is 0.101 e. The van der Waals surface area contributed by atoms with E-state index in [0.717, 1.165) is 5.75 Å². The van der Waals surface area contributed by atoms with Gasteiger partial charge in [0.25, 0.3) is 0 Å². The van der Waals surface area contributed by atoms with Crippen LogP contribution in [0.1, 0.15) is 6.92 Å². The molecule has 1 saturated heterocycles. The average Bonchev–Trinajstić information content (AvgIpc) is 2.14. The first-order chi connectivity index (χ1) is 3.83. The van der Waals surface area contributed by atoms with E-state index in [-0.39, 0.29) is 18.1 Å². The number of ether oxygens (including phenoxy) is 1. The van der Waals surface area contributed by atoms with Gasteiger partial charge < -0.3 is 9.84 Å². The lowest BCUT2D eigenvalue weighted by molar-refractivity contribution is 0.0340. The fourth-order valence-corrected chi connectivity index (χ4v) is 1.59.